The predicted molar refractivity (Wildman–Crippen MR) is 328 cm³/mol. The number of aryl methyl sites for hydroxylation is 2. The molecule has 80 heavy (non-hydrogen) atoms. The van der Waals surface area contributed by atoms with Crippen LogP contribution in [0.2, 0.25) is 0 Å². The van der Waals surface area contributed by atoms with Gasteiger partial charge >= 0.3 is 0 Å². The molecular weight excluding hydrogens is 1000 g/mol. The van der Waals surface area contributed by atoms with E-state index < -0.39 is 0 Å². The van der Waals surface area contributed by atoms with E-state index in [1.807, 2.05) is 148 Å². The van der Waals surface area contributed by atoms with Crippen molar-refractivity contribution < 1.29 is 28.8 Å². The minimum absolute atomic E-state index is 0. The molecule has 2 aromatic heterocycles. The number of H-pyrrole nitrogens is 1. The lowest BCUT2D eigenvalue weighted by atomic mass is 9.88. The number of aromatic amines is 1. The van der Waals surface area contributed by atoms with Gasteiger partial charge in [0.15, 0.2) is 0 Å². The highest BCUT2D eigenvalue weighted by Gasteiger charge is 2.30. The maximum absolute atomic E-state index is 12.0. The minimum atomic E-state index is -0.263. The van der Waals surface area contributed by atoms with Gasteiger partial charge in [0.25, 0.3) is 0 Å². The summed E-state index contributed by atoms with van der Waals surface area (Å²) in [7, 11) is 0. The summed E-state index contributed by atoms with van der Waals surface area (Å²) in [6.45, 7) is 44.0. The average molecular weight is 1120 g/mol. The molecule has 15 nitrogen and oxygen atoms in total. The number of carbonyl (C=O) groups excluding carboxylic acids is 6. The number of piperidine rings is 3. The number of hydrogen-bond acceptors (Lipinski definition) is 9. The predicted octanol–water partition coefficient (Wildman–Crippen LogP) is 11.2. The number of piperazine rings is 1. The van der Waals surface area contributed by atoms with E-state index in [9.17, 15) is 28.8 Å². The molecule has 1 N–H and O–H groups in total. The standard InChI is InChI=1S/C14H20N2O.C13H22N2O.C10H16N2O.3C9H17NO.CH4/c1-5-6-10-16-11-9-15-13(16)8-7-12(17)14(2,3)4;1-5-6-7-14-8-10-15(11-9-14)12(16)13(2,3)4;1-10(2,3)8(13)4-5-9-11-6-7-12-9;3*1-8(2)9(11)10-6-4-3-5-7-10;/h9,11H,7-8,10H2,1-4H3;7-11H2,1-4H3;6-7H,4-5H2,1-3H3,(H,11,12);3*8H,3-7H2,1-2H3;1H4. The Morgan fingerprint density at radius 1 is 0.500 bits per heavy atom. The van der Waals surface area contributed by atoms with Crippen molar-refractivity contribution in [1.82, 2.24) is 44.0 Å². The molecule has 0 saturated carbocycles. The first-order valence-electron chi connectivity index (χ1n) is 29.8. The van der Waals surface area contributed by atoms with Crippen LogP contribution in [0.15, 0.2) is 24.8 Å². The van der Waals surface area contributed by atoms with Gasteiger partial charge in [-0.2, -0.15) is 0 Å². The minimum Gasteiger partial charge on any atom is -0.349 e. The highest BCUT2D eigenvalue weighted by molar-refractivity contribution is 5.84. The molecule has 454 valence electrons. The Morgan fingerprint density at radius 2 is 0.887 bits per heavy atom. The van der Waals surface area contributed by atoms with Gasteiger partial charge in [0.05, 0.1) is 13.1 Å². The third-order valence-corrected chi connectivity index (χ3v) is 13.9. The van der Waals surface area contributed by atoms with Gasteiger partial charge in [0.2, 0.25) is 23.6 Å². The van der Waals surface area contributed by atoms with Gasteiger partial charge in [-0.1, -0.05) is 123 Å². The number of likely N-dealkylation sites (tertiary alicyclic amines) is 3. The number of Topliss-reactive ketones (excluding diaryl/α,β-unsaturated/α-hetero) is 2. The van der Waals surface area contributed by atoms with Crippen LogP contribution in [-0.4, -0.2) is 151 Å². The number of rotatable bonds is 11. The smallest absolute Gasteiger partial charge is 0.228 e. The lowest BCUT2D eigenvalue weighted by Gasteiger charge is -2.36. The Bertz CT molecular complexity index is 2110. The molecule has 0 unspecified atom stereocenters. The second-order valence-electron chi connectivity index (χ2n) is 25.1. The molecular formula is C65H113N9O6. The summed E-state index contributed by atoms with van der Waals surface area (Å²) in [4.78, 5) is 91.2. The van der Waals surface area contributed by atoms with Gasteiger partial charge in [-0.15, -0.1) is 11.8 Å². The lowest BCUT2D eigenvalue weighted by Crippen LogP contribution is -2.51. The van der Waals surface area contributed by atoms with Gasteiger partial charge in [-0.05, 0) is 71.6 Å². The van der Waals surface area contributed by atoms with Crippen molar-refractivity contribution in [3.63, 3.8) is 0 Å². The topological polar surface area (TPSA) is 165 Å². The van der Waals surface area contributed by atoms with Gasteiger partial charge in [0, 0.05) is 150 Å². The first-order chi connectivity index (χ1) is 37.0. The fourth-order valence-electron chi connectivity index (χ4n) is 8.73. The van der Waals surface area contributed by atoms with Crippen LogP contribution < -0.4 is 0 Å². The average Bonchev–Trinajstić information content (AvgIpc) is 4.13. The van der Waals surface area contributed by atoms with E-state index in [0.717, 1.165) is 83.6 Å². The summed E-state index contributed by atoms with van der Waals surface area (Å²) in [6, 6.07) is 0. The maximum Gasteiger partial charge on any atom is 0.228 e. The summed E-state index contributed by atoms with van der Waals surface area (Å²) in [6.07, 6.45) is 20.7. The van der Waals surface area contributed by atoms with Crippen molar-refractivity contribution in [3.8, 4) is 23.7 Å². The molecule has 2 aromatic rings. The van der Waals surface area contributed by atoms with E-state index >= 15 is 0 Å². The zero-order valence-corrected chi connectivity index (χ0v) is 52.7. The maximum atomic E-state index is 12.0. The Hall–Kier alpha value is -5.28. The van der Waals surface area contributed by atoms with E-state index in [1.165, 1.54) is 57.8 Å². The van der Waals surface area contributed by atoms with Crippen molar-refractivity contribution in [1.29, 1.82) is 0 Å². The number of nitrogens with zero attached hydrogens (tertiary/aromatic N) is 8. The van der Waals surface area contributed by atoms with E-state index in [0.29, 0.717) is 49.9 Å². The van der Waals surface area contributed by atoms with E-state index in [4.69, 9.17) is 0 Å². The van der Waals surface area contributed by atoms with Crippen LogP contribution in [0.1, 0.15) is 207 Å². The van der Waals surface area contributed by atoms with Crippen molar-refractivity contribution >= 4 is 35.2 Å². The second-order valence-corrected chi connectivity index (χ2v) is 25.1. The van der Waals surface area contributed by atoms with Gasteiger partial charge in [0.1, 0.15) is 23.2 Å². The monoisotopic (exact) mass is 1120 g/mol. The van der Waals surface area contributed by atoms with Crippen LogP contribution in [0.25, 0.3) is 0 Å². The SMILES string of the molecule is C.CC#CCN1CCN(C(=O)C(C)(C)C)CC1.CC#CCn1ccnc1CCC(=O)C(C)(C)C.CC(C)(C)C(=O)CCc1ncc[nH]1.CC(C)C(=O)N1CCCCC1.CC(C)C(=O)N1CCCCC1.CC(C)C(=O)N1CCCCC1. The number of aromatic nitrogens is 4. The molecule has 4 saturated heterocycles. The third-order valence-electron chi connectivity index (χ3n) is 13.9. The largest absolute Gasteiger partial charge is 0.349 e. The first kappa shape index (κ1) is 74.7. The van der Waals surface area contributed by atoms with Gasteiger partial charge in [-0.25, -0.2) is 9.97 Å². The van der Waals surface area contributed by atoms with E-state index in [-0.39, 0.29) is 58.9 Å². The molecule has 6 heterocycles. The van der Waals surface area contributed by atoms with Crippen LogP contribution in [0.5, 0.6) is 0 Å². The van der Waals surface area contributed by atoms with Crippen molar-refractivity contribution in [2.75, 3.05) is 72.0 Å². The molecule has 0 aromatic carbocycles. The quantitative estimate of drug-likeness (QED) is 0.216. The Labute approximate surface area is 487 Å². The Balaban J connectivity index is 0.000000942. The number of amides is 4. The van der Waals surface area contributed by atoms with Crippen LogP contribution in [0.3, 0.4) is 0 Å². The number of ketones is 2. The molecule has 0 radical (unpaired) electrons. The Morgan fingerprint density at radius 3 is 1.23 bits per heavy atom. The number of hydrogen-bond donors (Lipinski definition) is 1. The van der Waals surface area contributed by atoms with Crippen molar-refractivity contribution in [2.45, 2.75) is 215 Å². The first-order valence-corrected chi connectivity index (χ1v) is 29.8. The zero-order chi connectivity index (χ0) is 59.8. The highest BCUT2D eigenvalue weighted by atomic mass is 16.2. The molecule has 4 aliphatic heterocycles. The fraction of sp³-hybridized carbons (Fsp3) is 0.754. The number of nitrogens with one attached hydrogen (secondary N) is 1. The molecule has 15 heteroatoms. The molecule has 0 spiro atoms. The zero-order valence-electron chi connectivity index (χ0n) is 52.7. The number of imidazole rings is 2. The second kappa shape index (κ2) is 39.2. The van der Waals surface area contributed by atoms with Crippen LogP contribution in [0.4, 0.5) is 0 Å². The summed E-state index contributed by atoms with van der Waals surface area (Å²) in [5, 5.41) is 0. The third kappa shape index (κ3) is 31.1. The van der Waals surface area contributed by atoms with Crippen molar-refractivity contribution in [2.24, 2.45) is 34.0 Å². The summed E-state index contributed by atoms with van der Waals surface area (Å²) in [5.74, 6) is 15.9. The van der Waals surface area contributed by atoms with E-state index in [2.05, 4.69) is 43.5 Å². The molecule has 0 bridgehead atoms. The molecule has 4 amide bonds. The lowest BCUT2D eigenvalue weighted by molar-refractivity contribution is -0.141. The molecule has 4 aliphatic rings. The van der Waals surface area contributed by atoms with E-state index in [1.54, 1.807) is 18.6 Å². The summed E-state index contributed by atoms with van der Waals surface area (Å²) >= 11 is 0. The summed E-state index contributed by atoms with van der Waals surface area (Å²) in [5.41, 5.74) is -0.751. The van der Waals surface area contributed by atoms with Gasteiger partial charge in [-0.3, -0.25) is 33.7 Å². The van der Waals surface area contributed by atoms with Crippen LogP contribution >= 0.6 is 0 Å². The number of carbonyl (C=O) groups is 6. The van der Waals surface area contributed by atoms with Crippen molar-refractivity contribution in [3.05, 3.63) is 36.4 Å². The summed E-state index contributed by atoms with van der Waals surface area (Å²) < 4.78 is 1.99. The highest BCUT2D eigenvalue weighted by Crippen LogP contribution is 2.21. The normalized spacial score (nSPS) is 15.6. The Kier molecular flexibility index (Phi) is 36.6. The molecule has 0 atom stereocenters. The van der Waals surface area contributed by atoms with Gasteiger partial charge < -0.3 is 29.2 Å². The molecule has 4 fully saturated rings. The fourth-order valence-corrected chi connectivity index (χ4v) is 8.73. The molecule has 0 aliphatic carbocycles. The van der Waals surface area contributed by atoms with Crippen LogP contribution in [-0.2, 0) is 48.2 Å². The molecule has 6 rings (SSSR count). The van der Waals surface area contributed by atoms with Crippen LogP contribution in [0, 0.1) is 57.7 Å².